The molecular formula is C51H46N2. The van der Waals surface area contributed by atoms with E-state index in [2.05, 4.69) is 226 Å². The largest absolute Gasteiger partial charge is 0.310 e. The molecular weight excluding hydrogens is 641 g/mol. The Morgan fingerprint density at radius 1 is 0.434 bits per heavy atom. The van der Waals surface area contributed by atoms with Gasteiger partial charge in [-0.3, -0.25) is 0 Å². The molecule has 0 aliphatic carbocycles. The van der Waals surface area contributed by atoms with E-state index in [4.69, 9.17) is 0 Å². The Bertz CT molecular complexity index is 2500. The minimum Gasteiger partial charge on any atom is -0.310 e. The average molecular weight is 687 g/mol. The number of para-hydroxylation sites is 1. The van der Waals surface area contributed by atoms with E-state index in [1.807, 2.05) is 0 Å². The van der Waals surface area contributed by atoms with Crippen molar-refractivity contribution in [2.45, 2.75) is 40.5 Å². The smallest absolute Gasteiger partial charge is 0.0618 e. The van der Waals surface area contributed by atoms with E-state index in [1.165, 1.54) is 49.1 Å². The molecule has 0 heterocycles. The highest BCUT2D eigenvalue weighted by Gasteiger charge is 2.25. The monoisotopic (exact) mass is 686 g/mol. The Morgan fingerprint density at radius 2 is 0.887 bits per heavy atom. The van der Waals surface area contributed by atoms with Crippen molar-refractivity contribution < 1.29 is 0 Å². The van der Waals surface area contributed by atoms with Crippen molar-refractivity contribution in [3.63, 3.8) is 0 Å². The summed E-state index contributed by atoms with van der Waals surface area (Å²) in [6.45, 7) is 11.4. The Hall–Kier alpha value is -6.12. The molecule has 1 unspecified atom stereocenters. The van der Waals surface area contributed by atoms with Crippen LogP contribution >= 0.6 is 0 Å². The summed E-state index contributed by atoms with van der Waals surface area (Å²) in [4.78, 5) is 4.80. The van der Waals surface area contributed by atoms with Gasteiger partial charge in [0.25, 0.3) is 0 Å². The molecule has 53 heavy (non-hydrogen) atoms. The van der Waals surface area contributed by atoms with Crippen LogP contribution in [-0.2, 0) is 0 Å². The van der Waals surface area contributed by atoms with Gasteiger partial charge in [-0.25, -0.2) is 0 Å². The average Bonchev–Trinajstić information content (AvgIpc) is 3.18. The van der Waals surface area contributed by atoms with Crippen molar-refractivity contribution in [1.82, 2.24) is 0 Å². The zero-order valence-corrected chi connectivity index (χ0v) is 31.3. The van der Waals surface area contributed by atoms with Crippen LogP contribution in [0.25, 0.3) is 32.3 Å². The molecule has 0 bridgehead atoms. The highest BCUT2D eigenvalue weighted by atomic mass is 15.2. The highest BCUT2D eigenvalue weighted by molar-refractivity contribution is 6.14. The van der Waals surface area contributed by atoms with Crippen LogP contribution in [0.2, 0.25) is 0 Å². The Kier molecular flexibility index (Phi) is 9.06. The Balaban J connectivity index is 1.27. The fraction of sp³-hybridized carbons (Fsp3) is 0.137. The van der Waals surface area contributed by atoms with Gasteiger partial charge >= 0.3 is 0 Å². The van der Waals surface area contributed by atoms with Gasteiger partial charge in [-0.1, -0.05) is 142 Å². The van der Waals surface area contributed by atoms with Crippen molar-refractivity contribution in [2.75, 3.05) is 9.80 Å². The first-order chi connectivity index (χ1) is 25.7. The van der Waals surface area contributed by atoms with Crippen LogP contribution in [0, 0.1) is 5.41 Å². The van der Waals surface area contributed by atoms with E-state index in [1.54, 1.807) is 0 Å². The molecule has 2 nitrogen and oxygen atoms in total. The molecule has 0 amide bonds. The van der Waals surface area contributed by atoms with Crippen molar-refractivity contribution in [1.29, 1.82) is 0 Å². The number of rotatable bonds is 8. The van der Waals surface area contributed by atoms with E-state index in [0.717, 1.165) is 28.4 Å². The molecule has 0 saturated heterocycles. The molecule has 2 heteroatoms. The fourth-order valence-corrected chi connectivity index (χ4v) is 7.74. The van der Waals surface area contributed by atoms with Crippen molar-refractivity contribution >= 4 is 66.4 Å². The van der Waals surface area contributed by atoms with Gasteiger partial charge < -0.3 is 9.80 Å². The second-order valence-electron chi connectivity index (χ2n) is 15.4. The lowest BCUT2D eigenvalue weighted by Crippen LogP contribution is -2.17. The molecule has 0 aliphatic rings. The normalized spacial score (nSPS) is 12.2. The maximum absolute atomic E-state index is 2.42. The standard InChI is InChI=1S/C51H46N2/c1-36(2)33-49(51(3,4)5)38-24-26-43(27-25-38)52(46-28-23-37-15-9-10-16-39(37)35-46)44-29-31-45(32-30-44)53(42-19-7-6-8-20-42)50-47-21-13-11-17-40(47)34-41-18-12-14-22-48(41)50/h6-35,49H,1-5H3. The van der Waals surface area contributed by atoms with E-state index < -0.39 is 0 Å². The van der Waals surface area contributed by atoms with Crippen LogP contribution in [0.1, 0.15) is 46.1 Å². The topological polar surface area (TPSA) is 6.48 Å². The molecule has 0 aromatic heterocycles. The number of fused-ring (bicyclic) bond motifs is 3. The van der Waals surface area contributed by atoms with Crippen molar-refractivity contribution in [3.8, 4) is 0 Å². The molecule has 0 N–H and O–H groups in total. The van der Waals surface area contributed by atoms with E-state index >= 15 is 0 Å². The molecule has 0 fully saturated rings. The number of nitrogens with zero attached hydrogens (tertiary/aromatic N) is 2. The lowest BCUT2D eigenvalue weighted by atomic mass is 9.75. The molecule has 0 saturated carbocycles. The summed E-state index contributed by atoms with van der Waals surface area (Å²) in [5.41, 5.74) is 9.53. The van der Waals surface area contributed by atoms with E-state index in [-0.39, 0.29) is 5.41 Å². The van der Waals surface area contributed by atoms with Crippen LogP contribution in [0.5, 0.6) is 0 Å². The minimum atomic E-state index is 0.104. The molecule has 0 aliphatic heterocycles. The lowest BCUT2D eigenvalue weighted by molar-refractivity contribution is 0.365. The van der Waals surface area contributed by atoms with Crippen LogP contribution in [0.4, 0.5) is 34.1 Å². The zero-order chi connectivity index (χ0) is 36.5. The molecule has 1 atom stereocenters. The lowest BCUT2D eigenvalue weighted by Gasteiger charge is -2.31. The van der Waals surface area contributed by atoms with Gasteiger partial charge in [0.05, 0.1) is 5.69 Å². The maximum Gasteiger partial charge on any atom is 0.0618 e. The second kappa shape index (κ2) is 14.1. The summed E-state index contributed by atoms with van der Waals surface area (Å²) < 4.78 is 0. The third kappa shape index (κ3) is 6.81. The maximum atomic E-state index is 2.42. The molecule has 8 aromatic carbocycles. The first kappa shape index (κ1) is 34.0. The summed E-state index contributed by atoms with van der Waals surface area (Å²) in [6.07, 6.45) is 2.41. The second-order valence-corrected chi connectivity index (χ2v) is 15.4. The Labute approximate surface area is 314 Å². The molecule has 0 spiro atoms. The summed E-state index contributed by atoms with van der Waals surface area (Å²) in [7, 11) is 0. The SMILES string of the molecule is CC(C)=CC(c1ccc(N(c2ccc(N(c3ccccc3)c3c4ccccc4cc4ccccc34)cc2)c2ccc3ccccc3c2)cc1)C(C)(C)C. The first-order valence-corrected chi connectivity index (χ1v) is 18.6. The number of hydrogen-bond acceptors (Lipinski definition) is 2. The predicted octanol–water partition coefficient (Wildman–Crippen LogP) is 15.2. The van der Waals surface area contributed by atoms with Gasteiger partial charge in [0.1, 0.15) is 0 Å². The van der Waals surface area contributed by atoms with Crippen molar-refractivity contribution in [2.24, 2.45) is 5.41 Å². The van der Waals surface area contributed by atoms with Crippen LogP contribution in [0.15, 0.2) is 188 Å². The number of allylic oxidation sites excluding steroid dienone is 2. The van der Waals surface area contributed by atoms with Gasteiger partial charge in [-0.05, 0) is 113 Å². The third-order valence-electron chi connectivity index (χ3n) is 10.3. The number of anilines is 6. The van der Waals surface area contributed by atoms with Crippen LogP contribution < -0.4 is 9.80 Å². The summed E-state index contributed by atoms with van der Waals surface area (Å²) in [5.74, 6) is 0.323. The highest BCUT2D eigenvalue weighted by Crippen LogP contribution is 2.45. The summed E-state index contributed by atoms with van der Waals surface area (Å²) >= 11 is 0. The third-order valence-corrected chi connectivity index (χ3v) is 10.3. The predicted molar refractivity (Wildman–Crippen MR) is 230 cm³/mol. The zero-order valence-electron chi connectivity index (χ0n) is 31.3. The van der Waals surface area contributed by atoms with Crippen LogP contribution in [0.3, 0.4) is 0 Å². The van der Waals surface area contributed by atoms with Gasteiger partial charge in [-0.2, -0.15) is 0 Å². The van der Waals surface area contributed by atoms with Crippen LogP contribution in [-0.4, -0.2) is 0 Å². The van der Waals surface area contributed by atoms with Gasteiger partial charge in [0.15, 0.2) is 0 Å². The molecule has 8 aromatic rings. The molecule has 0 radical (unpaired) electrons. The fourth-order valence-electron chi connectivity index (χ4n) is 7.74. The van der Waals surface area contributed by atoms with Gasteiger partial charge in [0, 0.05) is 45.1 Å². The first-order valence-electron chi connectivity index (χ1n) is 18.6. The quantitative estimate of drug-likeness (QED) is 0.116. The van der Waals surface area contributed by atoms with E-state index in [9.17, 15) is 0 Å². The van der Waals surface area contributed by atoms with E-state index in [0.29, 0.717) is 5.92 Å². The molecule has 260 valence electrons. The Morgan fingerprint density at radius 3 is 1.45 bits per heavy atom. The number of benzene rings is 8. The summed E-state index contributed by atoms with van der Waals surface area (Å²) in [5, 5.41) is 7.35. The minimum absolute atomic E-state index is 0.104. The molecule has 8 rings (SSSR count). The van der Waals surface area contributed by atoms with Gasteiger partial charge in [-0.15, -0.1) is 0 Å². The van der Waals surface area contributed by atoms with Gasteiger partial charge in [0.2, 0.25) is 0 Å². The van der Waals surface area contributed by atoms with Crippen molar-refractivity contribution in [3.05, 3.63) is 193 Å². The number of hydrogen-bond donors (Lipinski definition) is 0. The summed E-state index contributed by atoms with van der Waals surface area (Å²) in [6, 6.07) is 64.1.